The molecule has 108 valence electrons. The van der Waals surface area contributed by atoms with Gasteiger partial charge >= 0.3 is 0 Å². The van der Waals surface area contributed by atoms with Crippen molar-refractivity contribution in [3.8, 4) is 0 Å². The van der Waals surface area contributed by atoms with E-state index in [0.29, 0.717) is 22.7 Å². The Kier molecular flexibility index (Phi) is 4.43. The van der Waals surface area contributed by atoms with Crippen molar-refractivity contribution < 1.29 is 4.79 Å². The van der Waals surface area contributed by atoms with Gasteiger partial charge in [-0.15, -0.1) is 0 Å². The van der Waals surface area contributed by atoms with Crippen molar-refractivity contribution in [2.75, 3.05) is 6.54 Å². The fourth-order valence-corrected chi connectivity index (χ4v) is 2.56. The molecule has 0 radical (unpaired) electrons. The van der Waals surface area contributed by atoms with E-state index in [-0.39, 0.29) is 5.91 Å². The highest BCUT2D eigenvalue weighted by molar-refractivity contribution is 7.80. The maximum Gasteiger partial charge on any atom is 0.224 e. The number of hydrogen-bond acceptors (Lipinski definition) is 2. The Balaban J connectivity index is 1.84. The summed E-state index contributed by atoms with van der Waals surface area (Å²) < 4.78 is 0. The molecule has 0 saturated heterocycles. The van der Waals surface area contributed by atoms with Crippen molar-refractivity contribution >= 4 is 23.1 Å². The van der Waals surface area contributed by atoms with Crippen LogP contribution >= 0.6 is 12.2 Å². The van der Waals surface area contributed by atoms with Crippen LogP contribution in [-0.4, -0.2) is 17.4 Å². The normalized spacial score (nSPS) is 15.9. The summed E-state index contributed by atoms with van der Waals surface area (Å²) >= 11 is 4.91. The summed E-state index contributed by atoms with van der Waals surface area (Å²) in [5.74, 6) is 0.715. The highest BCUT2D eigenvalue weighted by atomic mass is 32.1. The number of carbonyl (C=O) groups excluding carboxylic acids is 1. The topological polar surface area (TPSA) is 55.1 Å². The zero-order valence-corrected chi connectivity index (χ0v) is 12.9. The molecule has 1 fully saturated rings. The van der Waals surface area contributed by atoms with Crippen LogP contribution in [0.4, 0.5) is 0 Å². The Morgan fingerprint density at radius 2 is 1.95 bits per heavy atom. The number of hydrogen-bond donors (Lipinski definition) is 2. The lowest BCUT2D eigenvalue weighted by atomic mass is 9.92. The molecule has 20 heavy (non-hydrogen) atoms. The first-order chi connectivity index (χ1) is 9.43. The second-order valence-corrected chi connectivity index (χ2v) is 6.47. The summed E-state index contributed by atoms with van der Waals surface area (Å²) in [7, 11) is 0. The highest BCUT2D eigenvalue weighted by Gasteiger charge is 2.45. The maximum atomic E-state index is 12.0. The molecule has 0 aliphatic heterocycles. The van der Waals surface area contributed by atoms with Crippen molar-refractivity contribution in [1.82, 2.24) is 5.32 Å². The van der Waals surface area contributed by atoms with Crippen LogP contribution in [0.3, 0.4) is 0 Å². The Hall–Kier alpha value is -1.42. The van der Waals surface area contributed by atoms with E-state index in [1.165, 1.54) is 12.8 Å². The molecule has 1 saturated carbocycles. The minimum absolute atomic E-state index is 0.0833. The molecule has 0 spiro atoms. The van der Waals surface area contributed by atoms with Crippen LogP contribution < -0.4 is 11.1 Å². The fraction of sp³-hybridized carbons (Fsp3) is 0.500. The number of benzene rings is 1. The van der Waals surface area contributed by atoms with Gasteiger partial charge in [0.2, 0.25) is 5.91 Å². The van der Waals surface area contributed by atoms with Crippen LogP contribution in [0.15, 0.2) is 24.3 Å². The Morgan fingerprint density at radius 1 is 1.35 bits per heavy atom. The van der Waals surface area contributed by atoms with Gasteiger partial charge in [0.1, 0.15) is 4.99 Å². The monoisotopic (exact) mass is 290 g/mol. The van der Waals surface area contributed by atoms with E-state index in [1.807, 2.05) is 24.3 Å². The first-order valence-corrected chi connectivity index (χ1v) is 7.49. The maximum absolute atomic E-state index is 12.0. The Bertz CT molecular complexity index is 504. The third-order valence-electron chi connectivity index (χ3n) is 4.36. The molecule has 0 atom stereocenters. The van der Waals surface area contributed by atoms with Crippen LogP contribution in [0.1, 0.15) is 37.8 Å². The van der Waals surface area contributed by atoms with E-state index in [0.717, 1.165) is 17.7 Å². The van der Waals surface area contributed by atoms with Gasteiger partial charge in [-0.1, -0.05) is 50.3 Å². The molecule has 1 aromatic carbocycles. The molecule has 3 N–H and O–H groups in total. The smallest absolute Gasteiger partial charge is 0.224 e. The van der Waals surface area contributed by atoms with Gasteiger partial charge < -0.3 is 11.1 Å². The molecule has 4 heteroatoms. The van der Waals surface area contributed by atoms with E-state index in [4.69, 9.17) is 18.0 Å². The number of thiocarbonyl (C=S) groups is 1. The van der Waals surface area contributed by atoms with E-state index >= 15 is 0 Å². The van der Waals surface area contributed by atoms with Crippen molar-refractivity contribution in [2.24, 2.45) is 17.1 Å². The molecular formula is C16H22N2OS. The molecule has 3 nitrogen and oxygen atoms in total. The lowest BCUT2D eigenvalue weighted by Crippen LogP contribution is -2.33. The van der Waals surface area contributed by atoms with E-state index < -0.39 is 0 Å². The minimum Gasteiger partial charge on any atom is -0.389 e. The second-order valence-electron chi connectivity index (χ2n) is 6.03. The zero-order chi connectivity index (χ0) is 14.8. The fourth-order valence-electron chi connectivity index (χ4n) is 2.43. The molecule has 2 rings (SSSR count). The number of amides is 1. The molecule has 1 aromatic rings. The average molecular weight is 290 g/mol. The molecule has 1 amide bonds. The zero-order valence-electron chi connectivity index (χ0n) is 12.1. The van der Waals surface area contributed by atoms with Crippen molar-refractivity contribution in [1.29, 1.82) is 0 Å². The largest absolute Gasteiger partial charge is 0.389 e. The third kappa shape index (κ3) is 3.57. The SMILES string of the molecule is CC(C)C1(CNC(=O)Cc2ccc(C(N)=S)cc2)CC1. The van der Waals surface area contributed by atoms with Crippen molar-refractivity contribution in [3.05, 3.63) is 35.4 Å². The first kappa shape index (κ1) is 15.0. The quantitative estimate of drug-likeness (QED) is 0.791. The lowest BCUT2D eigenvalue weighted by Gasteiger charge is -2.20. The Labute approximate surface area is 125 Å². The predicted molar refractivity (Wildman–Crippen MR) is 85.5 cm³/mol. The minimum atomic E-state index is 0.0833. The van der Waals surface area contributed by atoms with Crippen LogP contribution in [0.2, 0.25) is 0 Å². The van der Waals surface area contributed by atoms with Gasteiger partial charge in [0.15, 0.2) is 0 Å². The van der Waals surface area contributed by atoms with Gasteiger partial charge in [0.05, 0.1) is 6.42 Å². The van der Waals surface area contributed by atoms with E-state index in [9.17, 15) is 4.79 Å². The van der Waals surface area contributed by atoms with Crippen molar-refractivity contribution in [2.45, 2.75) is 33.1 Å². The Morgan fingerprint density at radius 3 is 2.40 bits per heavy atom. The highest BCUT2D eigenvalue weighted by Crippen LogP contribution is 2.51. The summed E-state index contributed by atoms with van der Waals surface area (Å²) in [5, 5.41) is 3.06. The molecule has 0 heterocycles. The predicted octanol–water partition coefficient (Wildman–Crippen LogP) is 2.42. The number of carbonyl (C=O) groups is 1. The lowest BCUT2D eigenvalue weighted by molar-refractivity contribution is -0.120. The summed E-state index contributed by atoms with van der Waals surface area (Å²) in [6.07, 6.45) is 2.87. The van der Waals surface area contributed by atoms with Crippen molar-refractivity contribution in [3.63, 3.8) is 0 Å². The number of rotatable bonds is 6. The summed E-state index contributed by atoms with van der Waals surface area (Å²) in [6.45, 7) is 5.26. The number of nitrogens with one attached hydrogen (secondary N) is 1. The van der Waals surface area contributed by atoms with Gasteiger partial charge in [-0.25, -0.2) is 0 Å². The molecule has 0 aromatic heterocycles. The average Bonchev–Trinajstić information content (AvgIpc) is 3.18. The van der Waals surface area contributed by atoms with Crippen LogP contribution in [0.25, 0.3) is 0 Å². The van der Waals surface area contributed by atoms with Crippen LogP contribution in [0, 0.1) is 11.3 Å². The van der Waals surface area contributed by atoms with Gasteiger partial charge in [0, 0.05) is 12.1 Å². The standard InChI is InChI=1S/C16H22N2OS/c1-11(2)16(7-8-16)10-18-14(19)9-12-3-5-13(6-4-12)15(17)20/h3-6,11H,7-10H2,1-2H3,(H2,17,20)(H,18,19). The van der Waals surface area contributed by atoms with Gasteiger partial charge in [0.25, 0.3) is 0 Å². The van der Waals surface area contributed by atoms with Gasteiger partial charge in [-0.3, -0.25) is 4.79 Å². The van der Waals surface area contributed by atoms with Crippen LogP contribution in [0.5, 0.6) is 0 Å². The molecule has 0 unspecified atom stereocenters. The van der Waals surface area contributed by atoms with Crippen LogP contribution in [-0.2, 0) is 11.2 Å². The molecule has 0 bridgehead atoms. The van der Waals surface area contributed by atoms with Gasteiger partial charge in [-0.05, 0) is 29.7 Å². The summed E-state index contributed by atoms with van der Waals surface area (Å²) in [6, 6.07) is 7.54. The van der Waals surface area contributed by atoms with E-state index in [1.54, 1.807) is 0 Å². The summed E-state index contributed by atoms with van der Waals surface area (Å²) in [4.78, 5) is 12.3. The summed E-state index contributed by atoms with van der Waals surface area (Å²) in [5.41, 5.74) is 7.72. The van der Waals surface area contributed by atoms with Gasteiger partial charge in [-0.2, -0.15) is 0 Å². The first-order valence-electron chi connectivity index (χ1n) is 7.08. The molecular weight excluding hydrogens is 268 g/mol. The second kappa shape index (κ2) is 5.92. The number of nitrogens with two attached hydrogens (primary N) is 1. The third-order valence-corrected chi connectivity index (χ3v) is 4.59. The molecule has 1 aliphatic rings. The molecule has 1 aliphatic carbocycles. The van der Waals surface area contributed by atoms with E-state index in [2.05, 4.69) is 19.2 Å².